The molecule has 1 heterocycles. The van der Waals surface area contributed by atoms with Gasteiger partial charge in [0.1, 0.15) is 18.2 Å². The van der Waals surface area contributed by atoms with E-state index in [1.807, 2.05) is 18.2 Å². The average molecular weight is 270 g/mol. The highest BCUT2D eigenvalue weighted by Crippen LogP contribution is 2.24. The third-order valence-electron chi connectivity index (χ3n) is 3.30. The zero-order valence-electron chi connectivity index (χ0n) is 12.7. The number of aryl methyl sites for hydroxylation is 2. The van der Waals surface area contributed by atoms with Crippen molar-refractivity contribution in [3.8, 4) is 5.75 Å². The first kappa shape index (κ1) is 14.4. The number of hydrogen-bond donors (Lipinski definition) is 1. The molecule has 0 atom stereocenters. The van der Waals surface area contributed by atoms with Crippen LogP contribution < -0.4 is 10.1 Å². The van der Waals surface area contributed by atoms with E-state index in [2.05, 4.69) is 50.1 Å². The van der Waals surface area contributed by atoms with E-state index < -0.39 is 0 Å². The van der Waals surface area contributed by atoms with E-state index in [0.717, 1.165) is 23.8 Å². The summed E-state index contributed by atoms with van der Waals surface area (Å²) in [5.74, 6) is 1.84. The van der Waals surface area contributed by atoms with Gasteiger partial charge in [0.05, 0.1) is 5.69 Å². The Morgan fingerprint density at radius 3 is 2.70 bits per heavy atom. The second kappa shape index (κ2) is 6.42. The first-order valence-electron chi connectivity index (χ1n) is 7.00. The summed E-state index contributed by atoms with van der Waals surface area (Å²) < 4.78 is 5.93. The van der Waals surface area contributed by atoms with E-state index in [-0.39, 0.29) is 0 Å². The lowest BCUT2D eigenvalue weighted by Gasteiger charge is -2.12. The van der Waals surface area contributed by atoms with Crippen molar-refractivity contribution in [1.29, 1.82) is 0 Å². The summed E-state index contributed by atoms with van der Waals surface area (Å²) in [6.45, 7) is 9.70. The number of rotatable bonds is 5. The Bertz CT molecular complexity index is 594. The highest BCUT2D eigenvalue weighted by molar-refractivity contribution is 5.42. The summed E-state index contributed by atoms with van der Waals surface area (Å²) in [4.78, 5) is 4.52. The van der Waals surface area contributed by atoms with Crippen LogP contribution >= 0.6 is 0 Å². The van der Waals surface area contributed by atoms with E-state index in [4.69, 9.17) is 4.74 Å². The van der Waals surface area contributed by atoms with E-state index in [1.54, 1.807) is 0 Å². The van der Waals surface area contributed by atoms with E-state index >= 15 is 0 Å². The van der Waals surface area contributed by atoms with Gasteiger partial charge >= 0.3 is 0 Å². The van der Waals surface area contributed by atoms with Gasteiger partial charge in [0.2, 0.25) is 0 Å². The Morgan fingerprint density at radius 2 is 1.95 bits per heavy atom. The minimum Gasteiger partial charge on any atom is -0.487 e. The van der Waals surface area contributed by atoms with Crippen molar-refractivity contribution in [3.63, 3.8) is 0 Å². The molecule has 0 unspecified atom stereocenters. The minimum absolute atomic E-state index is 0.489. The van der Waals surface area contributed by atoms with Crippen LogP contribution in [0.3, 0.4) is 0 Å². The summed E-state index contributed by atoms with van der Waals surface area (Å²) in [6, 6.07) is 10.2. The lowest BCUT2D eigenvalue weighted by molar-refractivity contribution is 0.299. The summed E-state index contributed by atoms with van der Waals surface area (Å²) >= 11 is 0. The Kier molecular flexibility index (Phi) is 4.61. The van der Waals surface area contributed by atoms with Gasteiger partial charge in [0, 0.05) is 6.54 Å². The van der Waals surface area contributed by atoms with Gasteiger partial charge in [-0.05, 0) is 62.6 Å². The Morgan fingerprint density at radius 1 is 1.15 bits per heavy atom. The van der Waals surface area contributed by atoms with Gasteiger partial charge in [-0.1, -0.05) is 12.1 Å². The summed E-state index contributed by atoms with van der Waals surface area (Å²) in [6.07, 6.45) is 0. The SMILES string of the molecule is CCNc1cccc(COc2cc(C)cc(C)c2C)n1. The lowest BCUT2D eigenvalue weighted by Crippen LogP contribution is -2.04. The van der Waals surface area contributed by atoms with Crippen LogP contribution in [0.25, 0.3) is 0 Å². The molecule has 106 valence electrons. The molecule has 0 radical (unpaired) electrons. The number of aromatic nitrogens is 1. The molecule has 0 bridgehead atoms. The number of anilines is 1. The second-order valence-electron chi connectivity index (χ2n) is 5.04. The zero-order valence-corrected chi connectivity index (χ0v) is 12.7. The van der Waals surface area contributed by atoms with Crippen molar-refractivity contribution in [2.75, 3.05) is 11.9 Å². The van der Waals surface area contributed by atoms with E-state index in [1.165, 1.54) is 16.7 Å². The molecule has 2 aromatic rings. The maximum atomic E-state index is 5.93. The van der Waals surface area contributed by atoms with Crippen LogP contribution in [0.5, 0.6) is 5.75 Å². The molecule has 1 aromatic carbocycles. The molecule has 0 saturated carbocycles. The molecule has 0 spiro atoms. The molecule has 3 heteroatoms. The van der Waals surface area contributed by atoms with E-state index in [9.17, 15) is 0 Å². The number of nitrogens with zero attached hydrogens (tertiary/aromatic N) is 1. The van der Waals surface area contributed by atoms with Crippen molar-refractivity contribution >= 4 is 5.82 Å². The topological polar surface area (TPSA) is 34.1 Å². The van der Waals surface area contributed by atoms with Crippen LogP contribution in [0, 0.1) is 20.8 Å². The minimum atomic E-state index is 0.489. The smallest absolute Gasteiger partial charge is 0.130 e. The zero-order chi connectivity index (χ0) is 14.5. The molecule has 1 aromatic heterocycles. The van der Waals surface area contributed by atoms with Gasteiger partial charge in [-0.2, -0.15) is 0 Å². The van der Waals surface area contributed by atoms with Crippen LogP contribution in [0.2, 0.25) is 0 Å². The fourth-order valence-corrected chi connectivity index (χ4v) is 2.14. The first-order valence-corrected chi connectivity index (χ1v) is 7.00. The van der Waals surface area contributed by atoms with Gasteiger partial charge in [0.15, 0.2) is 0 Å². The van der Waals surface area contributed by atoms with Crippen LogP contribution in [-0.4, -0.2) is 11.5 Å². The largest absolute Gasteiger partial charge is 0.487 e. The van der Waals surface area contributed by atoms with Crippen molar-refractivity contribution in [1.82, 2.24) is 4.98 Å². The Balaban J connectivity index is 2.10. The lowest BCUT2D eigenvalue weighted by atomic mass is 10.1. The van der Waals surface area contributed by atoms with Gasteiger partial charge in [-0.15, -0.1) is 0 Å². The molecule has 0 aliphatic carbocycles. The predicted octanol–water partition coefficient (Wildman–Crippen LogP) is 4.02. The van der Waals surface area contributed by atoms with Crippen molar-refractivity contribution < 1.29 is 4.74 Å². The fourth-order valence-electron chi connectivity index (χ4n) is 2.14. The summed E-state index contributed by atoms with van der Waals surface area (Å²) in [5, 5.41) is 3.21. The van der Waals surface area contributed by atoms with E-state index in [0.29, 0.717) is 6.61 Å². The molecule has 0 amide bonds. The average Bonchev–Trinajstić information content (AvgIpc) is 2.42. The molecule has 2 rings (SSSR count). The highest BCUT2D eigenvalue weighted by atomic mass is 16.5. The predicted molar refractivity (Wildman–Crippen MR) is 83.4 cm³/mol. The van der Waals surface area contributed by atoms with Gasteiger partial charge in [0.25, 0.3) is 0 Å². The molecule has 0 fully saturated rings. The summed E-state index contributed by atoms with van der Waals surface area (Å²) in [7, 11) is 0. The highest BCUT2D eigenvalue weighted by Gasteiger charge is 2.05. The molecule has 20 heavy (non-hydrogen) atoms. The molecule has 1 N–H and O–H groups in total. The first-order chi connectivity index (χ1) is 9.60. The molecule has 0 saturated heterocycles. The van der Waals surface area contributed by atoms with Crippen molar-refractivity contribution in [2.45, 2.75) is 34.3 Å². The molecule has 0 aliphatic heterocycles. The quantitative estimate of drug-likeness (QED) is 0.891. The summed E-state index contributed by atoms with van der Waals surface area (Å²) in [5.41, 5.74) is 4.60. The van der Waals surface area contributed by atoms with Crippen LogP contribution in [0.4, 0.5) is 5.82 Å². The van der Waals surface area contributed by atoms with Crippen LogP contribution in [0.1, 0.15) is 29.3 Å². The van der Waals surface area contributed by atoms with Crippen LogP contribution in [-0.2, 0) is 6.61 Å². The fraction of sp³-hybridized carbons (Fsp3) is 0.353. The molecular formula is C17H22N2O. The normalized spacial score (nSPS) is 10.4. The Hall–Kier alpha value is -2.03. The number of benzene rings is 1. The third-order valence-corrected chi connectivity index (χ3v) is 3.30. The van der Waals surface area contributed by atoms with Crippen LogP contribution in [0.15, 0.2) is 30.3 Å². The molecule has 3 nitrogen and oxygen atoms in total. The van der Waals surface area contributed by atoms with Gasteiger partial charge in [-0.25, -0.2) is 4.98 Å². The number of nitrogens with one attached hydrogen (secondary N) is 1. The maximum absolute atomic E-state index is 5.93. The van der Waals surface area contributed by atoms with Crippen molar-refractivity contribution in [2.24, 2.45) is 0 Å². The monoisotopic (exact) mass is 270 g/mol. The molecule has 0 aliphatic rings. The van der Waals surface area contributed by atoms with Gasteiger partial charge in [-0.3, -0.25) is 0 Å². The third kappa shape index (κ3) is 3.50. The number of pyridine rings is 1. The standard InChI is InChI=1S/C17H22N2O/c1-5-18-17-8-6-7-15(19-17)11-20-16-10-12(2)9-13(3)14(16)4/h6-10H,5,11H2,1-4H3,(H,18,19). The maximum Gasteiger partial charge on any atom is 0.130 e. The molecular weight excluding hydrogens is 248 g/mol. The second-order valence-corrected chi connectivity index (χ2v) is 5.04. The van der Waals surface area contributed by atoms with Crippen molar-refractivity contribution in [3.05, 3.63) is 52.7 Å². The Labute approximate surface area is 121 Å². The number of ether oxygens (including phenoxy) is 1. The van der Waals surface area contributed by atoms with Gasteiger partial charge < -0.3 is 10.1 Å². The number of hydrogen-bond acceptors (Lipinski definition) is 3.